The minimum Gasteiger partial charge on any atom is -0.496 e. The Morgan fingerprint density at radius 2 is 2.28 bits per heavy atom. The van der Waals surface area contributed by atoms with Crippen molar-refractivity contribution in [2.75, 3.05) is 19.6 Å². The molecular formula is C14H18Cl2O2. The minimum atomic E-state index is -0.0144. The van der Waals surface area contributed by atoms with Crippen LogP contribution >= 0.6 is 23.2 Å². The van der Waals surface area contributed by atoms with E-state index in [9.17, 15) is 0 Å². The topological polar surface area (TPSA) is 18.5 Å². The van der Waals surface area contributed by atoms with Gasteiger partial charge in [0.05, 0.1) is 13.2 Å². The molecule has 0 bridgehead atoms. The zero-order valence-electron chi connectivity index (χ0n) is 10.7. The fourth-order valence-corrected chi connectivity index (χ4v) is 3.18. The van der Waals surface area contributed by atoms with Crippen LogP contribution < -0.4 is 4.74 Å². The van der Waals surface area contributed by atoms with Gasteiger partial charge in [-0.15, -0.1) is 11.6 Å². The third kappa shape index (κ3) is 2.61. The maximum absolute atomic E-state index is 6.19. The first-order valence-corrected chi connectivity index (χ1v) is 7.02. The van der Waals surface area contributed by atoms with Crippen LogP contribution in [0.15, 0.2) is 18.2 Å². The van der Waals surface area contributed by atoms with Crippen molar-refractivity contribution in [3.05, 3.63) is 28.8 Å². The van der Waals surface area contributed by atoms with Crippen LogP contribution in [0, 0.1) is 5.41 Å². The van der Waals surface area contributed by atoms with Crippen molar-refractivity contribution in [2.24, 2.45) is 5.41 Å². The Morgan fingerprint density at radius 1 is 1.50 bits per heavy atom. The number of hydrogen-bond acceptors (Lipinski definition) is 2. The first kappa shape index (κ1) is 14.0. The molecule has 0 radical (unpaired) electrons. The highest BCUT2D eigenvalue weighted by molar-refractivity contribution is 6.30. The molecule has 0 aliphatic carbocycles. The number of methoxy groups -OCH3 is 1. The van der Waals surface area contributed by atoms with E-state index in [0.29, 0.717) is 5.88 Å². The van der Waals surface area contributed by atoms with Gasteiger partial charge in [0, 0.05) is 22.9 Å². The lowest BCUT2D eigenvalue weighted by atomic mass is 9.78. The van der Waals surface area contributed by atoms with Crippen molar-refractivity contribution in [3.63, 3.8) is 0 Å². The number of ether oxygens (including phenoxy) is 2. The maximum atomic E-state index is 6.19. The van der Waals surface area contributed by atoms with Crippen LogP contribution in [0.1, 0.15) is 18.9 Å². The second-order valence-electron chi connectivity index (χ2n) is 4.89. The Labute approximate surface area is 118 Å². The third-order valence-corrected chi connectivity index (χ3v) is 4.65. The van der Waals surface area contributed by atoms with Gasteiger partial charge >= 0.3 is 0 Å². The van der Waals surface area contributed by atoms with Crippen molar-refractivity contribution in [1.29, 1.82) is 0 Å². The van der Waals surface area contributed by atoms with E-state index < -0.39 is 0 Å². The van der Waals surface area contributed by atoms with Crippen LogP contribution in [-0.2, 0) is 11.2 Å². The zero-order chi connectivity index (χ0) is 13.2. The number of alkyl halides is 1. The fraction of sp³-hybridized carbons (Fsp3) is 0.571. The number of benzene rings is 1. The molecule has 1 fully saturated rings. The lowest BCUT2D eigenvalue weighted by Crippen LogP contribution is -2.33. The monoisotopic (exact) mass is 288 g/mol. The van der Waals surface area contributed by atoms with Crippen molar-refractivity contribution in [1.82, 2.24) is 0 Å². The molecule has 4 heteroatoms. The molecule has 0 N–H and O–H groups in total. The van der Waals surface area contributed by atoms with Gasteiger partial charge in [0.1, 0.15) is 5.75 Å². The molecule has 1 saturated heterocycles. The first-order chi connectivity index (χ1) is 8.61. The van der Waals surface area contributed by atoms with Crippen molar-refractivity contribution >= 4 is 23.2 Å². The average Bonchev–Trinajstić information content (AvgIpc) is 2.72. The largest absolute Gasteiger partial charge is 0.496 e. The zero-order valence-corrected chi connectivity index (χ0v) is 12.2. The molecule has 2 rings (SSSR count). The maximum Gasteiger partial charge on any atom is 0.122 e. The summed E-state index contributed by atoms with van der Waals surface area (Å²) in [4.78, 5) is 0. The molecule has 1 aromatic carbocycles. The highest BCUT2D eigenvalue weighted by Crippen LogP contribution is 2.41. The van der Waals surface area contributed by atoms with E-state index >= 15 is 0 Å². The summed E-state index contributed by atoms with van der Waals surface area (Å²) >= 11 is 12.3. The van der Waals surface area contributed by atoms with Crippen molar-refractivity contribution in [2.45, 2.75) is 25.9 Å². The second-order valence-corrected chi connectivity index (χ2v) is 5.60. The SMILES string of the molecule is COc1ccc(Cl)cc1CC1(CCl)CCOC1C. The summed E-state index contributed by atoms with van der Waals surface area (Å²) in [7, 11) is 1.68. The molecule has 0 saturated carbocycles. The van der Waals surface area contributed by atoms with Crippen molar-refractivity contribution < 1.29 is 9.47 Å². The van der Waals surface area contributed by atoms with E-state index in [1.807, 2.05) is 18.2 Å². The van der Waals surface area contributed by atoms with Gasteiger partial charge in [-0.25, -0.2) is 0 Å². The Bertz CT molecular complexity index is 422. The minimum absolute atomic E-state index is 0.0144. The van der Waals surface area contributed by atoms with E-state index in [1.54, 1.807) is 7.11 Å². The predicted molar refractivity (Wildman–Crippen MR) is 74.9 cm³/mol. The molecule has 100 valence electrons. The van der Waals surface area contributed by atoms with Gasteiger partial charge in [-0.2, -0.15) is 0 Å². The lowest BCUT2D eigenvalue weighted by molar-refractivity contribution is 0.0733. The van der Waals surface area contributed by atoms with E-state index in [0.717, 1.165) is 35.8 Å². The standard InChI is InChI=1S/C14H18Cl2O2/c1-10-14(9-15,5-6-18-10)8-11-7-12(16)3-4-13(11)17-2/h3-4,7,10H,5-6,8-9H2,1-2H3. The van der Waals surface area contributed by atoms with Gasteiger partial charge in [0.25, 0.3) is 0 Å². The highest BCUT2D eigenvalue weighted by atomic mass is 35.5. The van der Waals surface area contributed by atoms with Crippen LogP contribution in [0.5, 0.6) is 5.75 Å². The highest BCUT2D eigenvalue weighted by Gasteiger charge is 2.41. The van der Waals surface area contributed by atoms with Gasteiger partial charge in [0.15, 0.2) is 0 Å². The molecule has 1 aliphatic heterocycles. The fourth-order valence-electron chi connectivity index (χ4n) is 2.54. The van der Waals surface area contributed by atoms with Crippen LogP contribution in [0.25, 0.3) is 0 Å². The Balaban J connectivity index is 2.29. The van der Waals surface area contributed by atoms with Gasteiger partial charge in [0.2, 0.25) is 0 Å². The first-order valence-electron chi connectivity index (χ1n) is 6.11. The summed E-state index contributed by atoms with van der Waals surface area (Å²) in [6.45, 7) is 2.86. The molecule has 2 nitrogen and oxygen atoms in total. The lowest BCUT2D eigenvalue weighted by Gasteiger charge is -2.30. The van der Waals surface area contributed by atoms with Gasteiger partial charge in [-0.3, -0.25) is 0 Å². The van der Waals surface area contributed by atoms with E-state index in [2.05, 4.69) is 6.92 Å². The molecule has 1 aromatic rings. The predicted octanol–water partition coefficient (Wildman–Crippen LogP) is 3.93. The van der Waals surface area contributed by atoms with Crippen LogP contribution in [0.3, 0.4) is 0 Å². The van der Waals surface area contributed by atoms with E-state index in [-0.39, 0.29) is 11.5 Å². The smallest absolute Gasteiger partial charge is 0.122 e. The molecule has 0 spiro atoms. The van der Waals surface area contributed by atoms with Crippen LogP contribution in [0.2, 0.25) is 5.02 Å². The average molecular weight is 289 g/mol. The summed E-state index contributed by atoms with van der Waals surface area (Å²) in [5.74, 6) is 1.45. The Morgan fingerprint density at radius 3 is 2.83 bits per heavy atom. The molecule has 0 amide bonds. The molecule has 2 unspecified atom stereocenters. The quantitative estimate of drug-likeness (QED) is 0.782. The third-order valence-electron chi connectivity index (χ3n) is 3.88. The second kappa shape index (κ2) is 5.68. The number of rotatable bonds is 4. The molecular weight excluding hydrogens is 271 g/mol. The van der Waals surface area contributed by atoms with Crippen molar-refractivity contribution in [3.8, 4) is 5.75 Å². The molecule has 1 aliphatic rings. The van der Waals surface area contributed by atoms with Crippen LogP contribution in [0.4, 0.5) is 0 Å². The Kier molecular flexibility index (Phi) is 4.41. The van der Waals surface area contributed by atoms with E-state index in [1.165, 1.54) is 0 Å². The van der Waals surface area contributed by atoms with Gasteiger partial charge in [-0.1, -0.05) is 11.6 Å². The summed E-state index contributed by atoms with van der Waals surface area (Å²) < 4.78 is 11.1. The molecule has 18 heavy (non-hydrogen) atoms. The molecule has 2 atom stereocenters. The summed E-state index contributed by atoms with van der Waals surface area (Å²) in [6.07, 6.45) is 1.98. The Hall–Kier alpha value is -0.440. The number of hydrogen-bond donors (Lipinski definition) is 0. The number of halogens is 2. The molecule has 0 aromatic heterocycles. The van der Waals surface area contributed by atoms with E-state index in [4.69, 9.17) is 32.7 Å². The van der Waals surface area contributed by atoms with Crippen LogP contribution in [-0.4, -0.2) is 25.7 Å². The normalized spacial score (nSPS) is 27.4. The summed E-state index contributed by atoms with van der Waals surface area (Å²) in [6, 6.07) is 5.70. The van der Waals surface area contributed by atoms with Gasteiger partial charge in [-0.05, 0) is 43.5 Å². The van der Waals surface area contributed by atoms with Gasteiger partial charge < -0.3 is 9.47 Å². The summed E-state index contributed by atoms with van der Waals surface area (Å²) in [5.41, 5.74) is 1.09. The molecule has 1 heterocycles. The summed E-state index contributed by atoms with van der Waals surface area (Å²) in [5, 5.41) is 0.724.